The number of cyclic esters (lactones) is 1. The summed E-state index contributed by atoms with van der Waals surface area (Å²) in [5, 5.41) is 8.88. The van der Waals surface area contributed by atoms with Gasteiger partial charge in [0.2, 0.25) is 12.5 Å². The molecule has 194 valence electrons. The Bertz CT molecular complexity index is 1270. The smallest absolute Gasteiger partial charge is 0.331 e. The number of carboxylic acids is 1. The number of fused-ring (bicyclic) bond motifs is 3. The maximum atomic E-state index is 13.1. The summed E-state index contributed by atoms with van der Waals surface area (Å²) < 4.78 is 38.9. The van der Waals surface area contributed by atoms with Gasteiger partial charge in [-0.3, -0.25) is 4.79 Å². The van der Waals surface area contributed by atoms with Crippen LogP contribution in [0.3, 0.4) is 0 Å². The molecule has 1 aliphatic carbocycles. The van der Waals surface area contributed by atoms with Crippen LogP contribution in [0.2, 0.25) is 0 Å². The number of hydrogen-bond donors (Lipinski definition) is 1. The average Bonchev–Trinajstić information content (AvgIpc) is 3.51. The lowest BCUT2D eigenvalue weighted by atomic mass is 9.66. The van der Waals surface area contributed by atoms with Gasteiger partial charge in [-0.15, -0.1) is 0 Å². The SMILES string of the molecule is COc1cc([C@@H]2c3cc4c(cc3[C@H](OC(=O)C=CC(=O)O)[C@H]3COC(=O)[C@@H]23)OCO4)cc(OC)c1OC. The van der Waals surface area contributed by atoms with E-state index in [0.29, 0.717) is 51.5 Å². The van der Waals surface area contributed by atoms with E-state index in [9.17, 15) is 14.4 Å². The molecule has 0 aromatic heterocycles. The summed E-state index contributed by atoms with van der Waals surface area (Å²) in [6, 6.07) is 7.03. The minimum absolute atomic E-state index is 0.0128. The number of aliphatic carboxylic acids is 1. The van der Waals surface area contributed by atoms with Crippen LogP contribution >= 0.6 is 0 Å². The van der Waals surface area contributed by atoms with Crippen LogP contribution in [0.25, 0.3) is 0 Å². The van der Waals surface area contributed by atoms with Crippen LogP contribution in [0.15, 0.2) is 36.4 Å². The Kier molecular flexibility index (Phi) is 6.28. The summed E-state index contributed by atoms with van der Waals surface area (Å²) >= 11 is 0. The molecule has 0 unspecified atom stereocenters. The second-order valence-electron chi connectivity index (χ2n) is 8.62. The van der Waals surface area contributed by atoms with Gasteiger partial charge >= 0.3 is 17.9 Å². The molecule has 0 amide bonds. The number of carbonyl (C=O) groups excluding carboxylic acids is 2. The van der Waals surface area contributed by atoms with Crippen molar-refractivity contribution in [3.8, 4) is 28.7 Å². The summed E-state index contributed by atoms with van der Waals surface area (Å²) in [7, 11) is 4.50. The molecule has 3 aliphatic rings. The molecule has 2 aromatic carbocycles. The molecular weight excluding hydrogens is 488 g/mol. The van der Waals surface area contributed by atoms with Crippen molar-refractivity contribution < 1.29 is 52.6 Å². The molecular formula is C26H24O11. The van der Waals surface area contributed by atoms with Gasteiger partial charge in [0.1, 0.15) is 6.10 Å². The maximum Gasteiger partial charge on any atom is 0.331 e. The Labute approximate surface area is 211 Å². The second-order valence-corrected chi connectivity index (χ2v) is 8.62. The second kappa shape index (κ2) is 9.57. The molecule has 0 spiro atoms. The maximum absolute atomic E-state index is 13.1. The topological polar surface area (TPSA) is 136 Å². The van der Waals surface area contributed by atoms with Gasteiger partial charge < -0.3 is 38.3 Å². The number of carbonyl (C=O) groups is 3. The van der Waals surface area contributed by atoms with Crippen molar-refractivity contribution in [1.29, 1.82) is 0 Å². The predicted molar refractivity (Wildman–Crippen MR) is 124 cm³/mol. The van der Waals surface area contributed by atoms with Gasteiger partial charge in [-0.2, -0.15) is 0 Å². The zero-order chi connectivity index (χ0) is 26.3. The van der Waals surface area contributed by atoms with E-state index in [4.69, 9.17) is 38.3 Å². The van der Waals surface area contributed by atoms with Crippen LogP contribution in [-0.2, 0) is 23.9 Å². The molecule has 1 saturated heterocycles. The van der Waals surface area contributed by atoms with Crippen molar-refractivity contribution in [2.45, 2.75) is 12.0 Å². The van der Waals surface area contributed by atoms with Crippen molar-refractivity contribution in [3.63, 3.8) is 0 Å². The lowest BCUT2D eigenvalue weighted by molar-refractivity contribution is -0.149. The zero-order valence-electron chi connectivity index (χ0n) is 20.2. The van der Waals surface area contributed by atoms with Crippen molar-refractivity contribution in [2.24, 2.45) is 11.8 Å². The minimum Gasteiger partial charge on any atom is -0.493 e. The minimum atomic E-state index is -1.29. The van der Waals surface area contributed by atoms with E-state index >= 15 is 0 Å². The third-order valence-electron chi connectivity index (χ3n) is 6.77. The van der Waals surface area contributed by atoms with E-state index in [-0.39, 0.29) is 13.4 Å². The first-order valence-electron chi connectivity index (χ1n) is 11.4. The fourth-order valence-corrected chi connectivity index (χ4v) is 5.25. The highest BCUT2D eigenvalue weighted by Crippen LogP contribution is 2.56. The highest BCUT2D eigenvalue weighted by Gasteiger charge is 2.54. The summed E-state index contributed by atoms with van der Waals surface area (Å²) in [5.41, 5.74) is 1.96. The molecule has 0 bridgehead atoms. The molecule has 1 fully saturated rings. The summed E-state index contributed by atoms with van der Waals surface area (Å²) in [5.74, 6) is -2.24. The van der Waals surface area contributed by atoms with E-state index in [1.54, 1.807) is 24.3 Å². The normalized spacial score (nSPS) is 23.2. The summed E-state index contributed by atoms with van der Waals surface area (Å²) in [6.45, 7) is 0.0344. The quantitative estimate of drug-likeness (QED) is 0.433. The molecule has 37 heavy (non-hydrogen) atoms. The van der Waals surface area contributed by atoms with Crippen molar-refractivity contribution in [1.82, 2.24) is 0 Å². The highest BCUT2D eigenvalue weighted by molar-refractivity contribution is 5.91. The lowest BCUT2D eigenvalue weighted by Gasteiger charge is -2.38. The number of methoxy groups -OCH3 is 3. The van der Waals surface area contributed by atoms with Crippen molar-refractivity contribution >= 4 is 17.9 Å². The third-order valence-corrected chi connectivity index (χ3v) is 6.77. The van der Waals surface area contributed by atoms with Gasteiger partial charge in [-0.05, 0) is 35.4 Å². The van der Waals surface area contributed by atoms with E-state index in [1.165, 1.54) is 21.3 Å². The molecule has 2 aromatic rings. The van der Waals surface area contributed by atoms with Crippen molar-refractivity contribution in [3.05, 3.63) is 53.1 Å². The van der Waals surface area contributed by atoms with Crippen LogP contribution in [0.4, 0.5) is 0 Å². The molecule has 11 nitrogen and oxygen atoms in total. The Balaban J connectivity index is 1.69. The van der Waals surface area contributed by atoms with Gasteiger partial charge in [0.05, 0.1) is 33.9 Å². The summed E-state index contributed by atoms with van der Waals surface area (Å²) in [6.07, 6.45) is 0.621. The highest BCUT2D eigenvalue weighted by atomic mass is 16.7. The van der Waals surface area contributed by atoms with Crippen LogP contribution in [0.1, 0.15) is 28.7 Å². The molecule has 4 atom stereocenters. The lowest BCUT2D eigenvalue weighted by Crippen LogP contribution is -2.36. The van der Waals surface area contributed by atoms with Gasteiger partial charge in [0.25, 0.3) is 0 Å². The largest absolute Gasteiger partial charge is 0.493 e. The first-order chi connectivity index (χ1) is 17.9. The van der Waals surface area contributed by atoms with Crippen molar-refractivity contribution in [2.75, 3.05) is 34.7 Å². The van der Waals surface area contributed by atoms with E-state index < -0.39 is 41.8 Å². The van der Waals surface area contributed by atoms with Gasteiger partial charge in [0, 0.05) is 29.6 Å². The van der Waals surface area contributed by atoms with Crippen LogP contribution < -0.4 is 23.7 Å². The fraction of sp³-hybridized carbons (Fsp3) is 0.346. The number of ether oxygens (including phenoxy) is 7. The molecule has 5 rings (SSSR count). The number of carboxylic acid groups (broad SMARTS) is 1. The summed E-state index contributed by atoms with van der Waals surface area (Å²) in [4.78, 5) is 36.5. The Hall–Kier alpha value is -4.41. The third kappa shape index (κ3) is 4.15. The fourth-order valence-electron chi connectivity index (χ4n) is 5.25. The molecule has 11 heteroatoms. The van der Waals surface area contributed by atoms with Gasteiger partial charge in [-0.1, -0.05) is 0 Å². The number of benzene rings is 2. The standard InChI is InChI=1S/C26H24O11/c1-31-18-6-12(7-19(32-2)25(18)33-3)22-13-8-16-17(36-11-35-16)9-14(13)24(15-10-34-26(30)23(15)22)37-21(29)5-4-20(27)28/h4-9,15,22-24H,10-11H2,1-3H3,(H,27,28)/t15-,22+,23+,24-/m0/s1. The van der Waals surface area contributed by atoms with Crippen LogP contribution in [-0.4, -0.2) is 57.7 Å². The Morgan fingerprint density at radius 1 is 0.919 bits per heavy atom. The van der Waals surface area contributed by atoms with Gasteiger partial charge in [-0.25, -0.2) is 9.59 Å². The molecule has 0 saturated carbocycles. The van der Waals surface area contributed by atoms with Gasteiger partial charge in [0.15, 0.2) is 23.0 Å². The Morgan fingerprint density at radius 2 is 1.57 bits per heavy atom. The molecule has 1 N–H and O–H groups in total. The monoisotopic (exact) mass is 512 g/mol. The zero-order valence-corrected chi connectivity index (χ0v) is 20.2. The number of hydrogen-bond acceptors (Lipinski definition) is 10. The van der Waals surface area contributed by atoms with E-state index in [2.05, 4.69) is 0 Å². The first kappa shape index (κ1) is 24.3. The first-order valence-corrected chi connectivity index (χ1v) is 11.4. The average molecular weight is 512 g/mol. The van der Waals surface area contributed by atoms with Crippen LogP contribution in [0, 0.1) is 11.8 Å². The number of esters is 2. The Morgan fingerprint density at radius 3 is 2.16 bits per heavy atom. The van der Waals surface area contributed by atoms with E-state index in [1.807, 2.05) is 0 Å². The molecule has 2 heterocycles. The van der Waals surface area contributed by atoms with Crippen LogP contribution in [0.5, 0.6) is 28.7 Å². The van der Waals surface area contributed by atoms with E-state index in [0.717, 1.165) is 6.08 Å². The molecule has 2 aliphatic heterocycles. The number of rotatable bonds is 7. The molecule has 0 radical (unpaired) electrons. The predicted octanol–water partition coefficient (Wildman–Crippen LogP) is 2.60.